The molecule has 0 saturated carbocycles. The first-order valence-electron chi connectivity index (χ1n) is 6.40. The second kappa shape index (κ2) is 5.19. The molecule has 1 aromatic heterocycles. The summed E-state index contributed by atoms with van der Waals surface area (Å²) < 4.78 is 1.80. The minimum Gasteiger partial charge on any atom is -0.395 e. The molecule has 0 saturated heterocycles. The van der Waals surface area contributed by atoms with Crippen molar-refractivity contribution >= 4 is 13.3 Å². The van der Waals surface area contributed by atoms with Crippen LogP contribution in [0.5, 0.6) is 0 Å². The molecule has 1 aromatic carbocycles. The zero-order valence-corrected chi connectivity index (χ0v) is 11.6. The molecule has 0 aliphatic heterocycles. The number of nitrogens with zero attached hydrogens (tertiary/aromatic N) is 2. The summed E-state index contributed by atoms with van der Waals surface area (Å²) in [6.45, 7) is 3.84. The molecule has 0 atom stereocenters. The fraction of sp³-hybridized carbons (Fsp3) is 0.357. The molecule has 0 fully saturated rings. The smallest absolute Gasteiger partial charge is 0.141 e. The molecule has 0 radical (unpaired) electrons. The zero-order chi connectivity index (χ0) is 14.0. The number of aliphatic hydroxyl groups excluding tert-OH is 1. The number of hydrogen-bond donors (Lipinski definition) is 2. The van der Waals surface area contributed by atoms with E-state index in [1.54, 1.807) is 18.4 Å². The Labute approximate surface area is 114 Å². The normalized spacial score (nSPS) is 11.8. The van der Waals surface area contributed by atoms with Crippen LogP contribution in [0.3, 0.4) is 0 Å². The van der Waals surface area contributed by atoms with Gasteiger partial charge in [-0.25, -0.2) is 4.98 Å². The van der Waals surface area contributed by atoms with E-state index in [-0.39, 0.29) is 6.61 Å². The summed E-state index contributed by atoms with van der Waals surface area (Å²) in [6, 6.07) is 8.08. The van der Waals surface area contributed by atoms with Crippen molar-refractivity contribution in [2.45, 2.75) is 26.0 Å². The lowest BCUT2D eigenvalue weighted by molar-refractivity contribution is 0.0637. The standard InChI is InChI=1S/C14H19BN2O2/c1-14(2,19)13-16-12(9-17(13)7-8-18)10-3-5-11(15)6-4-10/h3-6,9,18-19H,7-8,15H2,1-2H3. The van der Waals surface area contributed by atoms with Crippen LogP contribution in [0.25, 0.3) is 11.3 Å². The first kappa shape index (κ1) is 13.8. The number of imidazole rings is 1. The molecular weight excluding hydrogens is 239 g/mol. The molecule has 100 valence electrons. The Morgan fingerprint density at radius 1 is 1.26 bits per heavy atom. The number of hydrogen-bond acceptors (Lipinski definition) is 3. The average molecular weight is 258 g/mol. The number of aromatic nitrogens is 2. The van der Waals surface area contributed by atoms with Crippen LogP contribution in [-0.2, 0) is 12.1 Å². The molecular formula is C14H19BN2O2. The minimum atomic E-state index is -1.03. The van der Waals surface area contributed by atoms with Crippen LogP contribution in [0.4, 0.5) is 0 Å². The predicted octanol–water partition coefficient (Wildman–Crippen LogP) is 0.0282. The number of benzene rings is 1. The molecule has 2 rings (SSSR count). The van der Waals surface area contributed by atoms with Crippen molar-refractivity contribution < 1.29 is 10.2 Å². The van der Waals surface area contributed by atoms with Gasteiger partial charge in [-0.3, -0.25) is 0 Å². The highest BCUT2D eigenvalue weighted by molar-refractivity contribution is 6.32. The maximum atomic E-state index is 10.1. The molecule has 0 amide bonds. The van der Waals surface area contributed by atoms with Crippen molar-refractivity contribution in [2.24, 2.45) is 0 Å². The van der Waals surface area contributed by atoms with Crippen LogP contribution < -0.4 is 5.46 Å². The maximum Gasteiger partial charge on any atom is 0.141 e. The third-order valence-electron chi connectivity index (χ3n) is 3.01. The Morgan fingerprint density at radius 3 is 2.42 bits per heavy atom. The lowest BCUT2D eigenvalue weighted by atomic mass is 9.95. The first-order valence-corrected chi connectivity index (χ1v) is 6.40. The number of aliphatic hydroxyl groups is 2. The van der Waals surface area contributed by atoms with E-state index < -0.39 is 5.60 Å². The van der Waals surface area contributed by atoms with E-state index in [0.29, 0.717) is 12.4 Å². The van der Waals surface area contributed by atoms with Crippen molar-refractivity contribution in [3.63, 3.8) is 0 Å². The Morgan fingerprint density at radius 2 is 1.89 bits per heavy atom. The summed E-state index contributed by atoms with van der Waals surface area (Å²) in [5.74, 6) is 0.567. The van der Waals surface area contributed by atoms with Crippen LogP contribution in [0.15, 0.2) is 30.5 Å². The molecule has 2 aromatic rings. The summed E-state index contributed by atoms with van der Waals surface area (Å²) >= 11 is 0. The second-order valence-electron chi connectivity index (χ2n) is 5.29. The molecule has 1 heterocycles. The fourth-order valence-electron chi connectivity index (χ4n) is 2.05. The third kappa shape index (κ3) is 3.05. The summed E-state index contributed by atoms with van der Waals surface area (Å²) in [6.07, 6.45) is 1.87. The Hall–Kier alpha value is -1.59. The fourth-order valence-corrected chi connectivity index (χ4v) is 2.05. The van der Waals surface area contributed by atoms with E-state index >= 15 is 0 Å². The van der Waals surface area contributed by atoms with Gasteiger partial charge < -0.3 is 14.8 Å². The lowest BCUT2D eigenvalue weighted by Gasteiger charge is -2.17. The Kier molecular flexibility index (Phi) is 3.78. The van der Waals surface area contributed by atoms with Gasteiger partial charge in [-0.2, -0.15) is 0 Å². The van der Waals surface area contributed by atoms with E-state index in [0.717, 1.165) is 11.3 Å². The number of rotatable bonds is 4. The molecule has 0 aliphatic rings. The molecule has 0 aliphatic carbocycles. The summed E-state index contributed by atoms with van der Waals surface area (Å²) in [4.78, 5) is 4.50. The van der Waals surface area contributed by atoms with Crippen molar-refractivity contribution in [1.82, 2.24) is 9.55 Å². The molecule has 4 nitrogen and oxygen atoms in total. The van der Waals surface area contributed by atoms with Gasteiger partial charge in [0.05, 0.1) is 12.3 Å². The van der Waals surface area contributed by atoms with Gasteiger partial charge >= 0.3 is 0 Å². The lowest BCUT2D eigenvalue weighted by Crippen LogP contribution is -2.22. The predicted molar refractivity (Wildman–Crippen MR) is 78.2 cm³/mol. The highest BCUT2D eigenvalue weighted by Crippen LogP contribution is 2.24. The van der Waals surface area contributed by atoms with Gasteiger partial charge in [-0.1, -0.05) is 29.7 Å². The monoisotopic (exact) mass is 258 g/mol. The largest absolute Gasteiger partial charge is 0.395 e. The molecule has 2 N–H and O–H groups in total. The van der Waals surface area contributed by atoms with E-state index in [4.69, 9.17) is 5.11 Å². The van der Waals surface area contributed by atoms with Crippen molar-refractivity contribution in [3.05, 3.63) is 36.3 Å². The summed E-state index contributed by atoms with van der Waals surface area (Å²) in [5, 5.41) is 19.2. The van der Waals surface area contributed by atoms with E-state index in [1.165, 1.54) is 5.46 Å². The third-order valence-corrected chi connectivity index (χ3v) is 3.01. The SMILES string of the molecule is Bc1ccc(-c2cn(CCO)c(C(C)(C)O)n2)cc1. The molecule has 5 heteroatoms. The summed E-state index contributed by atoms with van der Waals surface area (Å²) in [5.41, 5.74) is 1.98. The molecule has 19 heavy (non-hydrogen) atoms. The van der Waals surface area contributed by atoms with Crippen LogP contribution in [0.1, 0.15) is 19.7 Å². The van der Waals surface area contributed by atoms with Crippen LogP contribution in [0, 0.1) is 0 Å². The highest BCUT2D eigenvalue weighted by Gasteiger charge is 2.23. The van der Waals surface area contributed by atoms with Gasteiger partial charge in [0, 0.05) is 18.3 Å². The van der Waals surface area contributed by atoms with Gasteiger partial charge in [0.15, 0.2) is 0 Å². The first-order chi connectivity index (χ1) is 8.91. The molecule has 0 bridgehead atoms. The highest BCUT2D eigenvalue weighted by atomic mass is 16.3. The van der Waals surface area contributed by atoms with Crippen molar-refractivity contribution in [1.29, 1.82) is 0 Å². The van der Waals surface area contributed by atoms with E-state index in [2.05, 4.69) is 4.98 Å². The van der Waals surface area contributed by atoms with Gasteiger partial charge in [0.2, 0.25) is 0 Å². The average Bonchev–Trinajstić information content (AvgIpc) is 2.74. The van der Waals surface area contributed by atoms with Gasteiger partial charge in [0.25, 0.3) is 0 Å². The Bertz CT molecular complexity index is 556. The van der Waals surface area contributed by atoms with Crippen LogP contribution >= 0.6 is 0 Å². The zero-order valence-electron chi connectivity index (χ0n) is 11.6. The van der Waals surface area contributed by atoms with Crippen molar-refractivity contribution in [3.8, 4) is 11.3 Å². The topological polar surface area (TPSA) is 58.3 Å². The second-order valence-corrected chi connectivity index (χ2v) is 5.29. The van der Waals surface area contributed by atoms with Crippen molar-refractivity contribution in [2.75, 3.05) is 6.61 Å². The summed E-state index contributed by atoms with van der Waals surface area (Å²) in [7, 11) is 2.04. The quantitative estimate of drug-likeness (QED) is 0.760. The maximum absolute atomic E-state index is 10.1. The van der Waals surface area contributed by atoms with Crippen LogP contribution in [0.2, 0.25) is 0 Å². The van der Waals surface area contributed by atoms with E-state index in [9.17, 15) is 5.11 Å². The van der Waals surface area contributed by atoms with E-state index in [1.807, 2.05) is 38.3 Å². The van der Waals surface area contributed by atoms with Crippen LogP contribution in [-0.4, -0.2) is 34.2 Å². The minimum absolute atomic E-state index is 0.0206. The molecule has 0 unspecified atom stereocenters. The van der Waals surface area contributed by atoms with Gasteiger partial charge in [0.1, 0.15) is 19.3 Å². The molecule has 0 spiro atoms. The Balaban J connectivity index is 2.45. The van der Waals surface area contributed by atoms with Gasteiger partial charge in [-0.05, 0) is 13.8 Å². The van der Waals surface area contributed by atoms with Gasteiger partial charge in [-0.15, -0.1) is 0 Å².